The zero-order valence-electron chi connectivity index (χ0n) is 9.92. The molecule has 0 radical (unpaired) electrons. The van der Waals surface area contributed by atoms with Gasteiger partial charge in [-0.2, -0.15) is 0 Å². The second kappa shape index (κ2) is 6.21. The van der Waals surface area contributed by atoms with Crippen LogP contribution in [0.2, 0.25) is 10.2 Å². The van der Waals surface area contributed by atoms with Crippen molar-refractivity contribution in [3.8, 4) is 0 Å². The molecule has 0 aliphatic rings. The van der Waals surface area contributed by atoms with Gasteiger partial charge in [0.25, 0.3) is 0 Å². The summed E-state index contributed by atoms with van der Waals surface area (Å²) < 4.78 is 0. The highest BCUT2D eigenvalue weighted by Crippen LogP contribution is 2.29. The van der Waals surface area contributed by atoms with Gasteiger partial charge in [-0.25, -0.2) is 14.7 Å². The number of amides is 1. The second-order valence-electron chi connectivity index (χ2n) is 3.76. The molecule has 20 heavy (non-hydrogen) atoms. The zero-order valence-corrected chi connectivity index (χ0v) is 12.2. The number of benzene rings is 1. The summed E-state index contributed by atoms with van der Waals surface area (Å²) in [5.41, 5.74) is 0.746. The highest BCUT2D eigenvalue weighted by molar-refractivity contribution is 7.17. The maximum Gasteiger partial charge on any atom is 0.413 e. The number of hydrogen-bond acceptors (Lipinski definition) is 4. The van der Waals surface area contributed by atoms with E-state index in [1.165, 1.54) is 0 Å². The van der Waals surface area contributed by atoms with Gasteiger partial charge in [0.05, 0.1) is 6.54 Å². The summed E-state index contributed by atoms with van der Waals surface area (Å²) in [6, 6.07) is 6.77. The Morgan fingerprint density at radius 3 is 2.50 bits per heavy atom. The van der Waals surface area contributed by atoms with Gasteiger partial charge in [-0.15, -0.1) is 0 Å². The van der Waals surface area contributed by atoms with Crippen LogP contribution in [0.15, 0.2) is 24.3 Å². The predicted octanol–water partition coefficient (Wildman–Crippen LogP) is 3.95. The number of rotatable bonds is 4. The lowest BCUT2D eigenvalue weighted by molar-refractivity contribution is 0.112. The molecule has 8 heteroatoms. The van der Waals surface area contributed by atoms with Crippen molar-refractivity contribution in [3.05, 3.63) is 44.9 Å². The number of carbonyl (C=O) groups excluding carboxylic acids is 1. The quantitative estimate of drug-likeness (QED) is 0.861. The van der Waals surface area contributed by atoms with Crippen molar-refractivity contribution < 1.29 is 14.7 Å². The Morgan fingerprint density at radius 2 is 2.00 bits per heavy atom. The molecular weight excluding hydrogens is 323 g/mol. The van der Waals surface area contributed by atoms with Gasteiger partial charge in [0.2, 0.25) is 0 Å². The third-order valence-corrected chi connectivity index (χ3v) is 4.08. The van der Waals surface area contributed by atoms with Gasteiger partial charge in [-0.05, 0) is 17.7 Å². The third kappa shape index (κ3) is 3.27. The first-order valence-corrected chi connectivity index (χ1v) is 6.95. The van der Waals surface area contributed by atoms with Gasteiger partial charge in [0.15, 0.2) is 16.6 Å². The fourth-order valence-electron chi connectivity index (χ4n) is 1.48. The van der Waals surface area contributed by atoms with Gasteiger partial charge < -0.3 is 5.11 Å². The molecule has 1 amide bonds. The summed E-state index contributed by atoms with van der Waals surface area (Å²) in [5, 5.41) is 9.97. The second-order valence-corrected chi connectivity index (χ2v) is 5.57. The molecule has 0 unspecified atom stereocenters. The number of carboxylic acid groups (broad SMARTS) is 1. The van der Waals surface area contributed by atoms with E-state index in [9.17, 15) is 14.7 Å². The highest BCUT2D eigenvalue weighted by atomic mass is 35.5. The Hall–Kier alpha value is -1.63. The topological polar surface area (TPSA) is 70.5 Å². The zero-order chi connectivity index (χ0) is 14.7. The Labute approximate surface area is 128 Å². The van der Waals surface area contributed by atoms with E-state index in [0.717, 1.165) is 21.8 Å². The van der Waals surface area contributed by atoms with Crippen molar-refractivity contribution in [2.24, 2.45) is 0 Å². The van der Waals surface area contributed by atoms with Crippen molar-refractivity contribution in [2.45, 2.75) is 6.54 Å². The number of halogens is 2. The molecule has 2 aromatic rings. The monoisotopic (exact) mass is 330 g/mol. The Bertz CT molecular complexity index is 643. The molecule has 1 aromatic carbocycles. The molecule has 0 spiro atoms. The number of carbonyl (C=O) groups is 2. The summed E-state index contributed by atoms with van der Waals surface area (Å²) in [4.78, 5) is 27.2. The van der Waals surface area contributed by atoms with Crippen LogP contribution in [0.4, 0.5) is 9.93 Å². The molecule has 0 saturated carbocycles. The fraction of sp³-hybridized carbons (Fsp3) is 0.0833. The van der Waals surface area contributed by atoms with Crippen LogP contribution in [0.1, 0.15) is 15.2 Å². The van der Waals surface area contributed by atoms with Crippen molar-refractivity contribution in [3.63, 3.8) is 0 Å². The summed E-state index contributed by atoms with van der Waals surface area (Å²) in [6.45, 7) is 0.0919. The minimum Gasteiger partial charge on any atom is -0.465 e. The lowest BCUT2D eigenvalue weighted by atomic mass is 10.2. The van der Waals surface area contributed by atoms with Gasteiger partial charge in [0.1, 0.15) is 4.88 Å². The molecule has 0 bridgehead atoms. The van der Waals surface area contributed by atoms with E-state index in [-0.39, 0.29) is 21.7 Å². The summed E-state index contributed by atoms with van der Waals surface area (Å²) in [5.74, 6) is 0. The van der Waals surface area contributed by atoms with Crippen LogP contribution in [-0.4, -0.2) is 22.5 Å². The fourth-order valence-corrected chi connectivity index (χ4v) is 2.66. The maximum atomic E-state index is 11.3. The standard InChI is InChI=1S/C12H8Cl2N2O3S/c13-8-3-1-7(2-4-8)5-16(12(18)19)11-15-10(14)9(6-17)20-11/h1-4,6H,5H2,(H,18,19). The smallest absolute Gasteiger partial charge is 0.413 e. The van der Waals surface area contributed by atoms with Crippen LogP contribution in [0.5, 0.6) is 0 Å². The molecule has 1 heterocycles. The first-order chi connectivity index (χ1) is 9.51. The van der Waals surface area contributed by atoms with E-state index >= 15 is 0 Å². The normalized spacial score (nSPS) is 10.3. The van der Waals surface area contributed by atoms with Crippen molar-refractivity contribution in [1.82, 2.24) is 4.98 Å². The summed E-state index contributed by atoms with van der Waals surface area (Å²) in [7, 11) is 0. The van der Waals surface area contributed by atoms with E-state index in [1.807, 2.05) is 0 Å². The molecule has 0 aliphatic heterocycles. The highest BCUT2D eigenvalue weighted by Gasteiger charge is 2.20. The molecule has 0 saturated heterocycles. The van der Waals surface area contributed by atoms with Gasteiger partial charge in [-0.1, -0.05) is 46.7 Å². The van der Waals surface area contributed by atoms with E-state index in [0.29, 0.717) is 11.3 Å². The number of aldehydes is 1. The average molecular weight is 331 g/mol. The predicted molar refractivity (Wildman–Crippen MR) is 78.2 cm³/mol. The van der Waals surface area contributed by atoms with Crippen molar-refractivity contribution in [2.75, 3.05) is 4.90 Å². The SMILES string of the molecule is O=Cc1sc(N(Cc2ccc(Cl)cc2)C(=O)O)nc1Cl. The minimum atomic E-state index is -1.18. The minimum absolute atomic E-state index is 0.00218. The van der Waals surface area contributed by atoms with Gasteiger partial charge >= 0.3 is 6.09 Å². The molecule has 2 rings (SSSR count). The lowest BCUT2D eigenvalue weighted by Crippen LogP contribution is -2.28. The lowest BCUT2D eigenvalue weighted by Gasteiger charge is -2.15. The molecule has 0 aliphatic carbocycles. The molecule has 1 aromatic heterocycles. The molecule has 1 N–H and O–H groups in total. The largest absolute Gasteiger partial charge is 0.465 e. The van der Waals surface area contributed by atoms with Gasteiger partial charge in [0, 0.05) is 5.02 Å². The maximum absolute atomic E-state index is 11.3. The summed E-state index contributed by atoms with van der Waals surface area (Å²) in [6.07, 6.45) is -0.631. The molecule has 0 atom stereocenters. The molecular formula is C12H8Cl2N2O3S. The number of hydrogen-bond donors (Lipinski definition) is 1. The van der Waals surface area contributed by atoms with Crippen LogP contribution in [0, 0.1) is 0 Å². The molecule has 0 fully saturated rings. The van der Waals surface area contributed by atoms with E-state index in [1.54, 1.807) is 24.3 Å². The summed E-state index contributed by atoms with van der Waals surface area (Å²) >= 11 is 12.4. The average Bonchev–Trinajstić information content (AvgIpc) is 2.78. The molecule has 5 nitrogen and oxygen atoms in total. The third-order valence-electron chi connectivity index (χ3n) is 2.42. The number of thiazole rings is 1. The van der Waals surface area contributed by atoms with Crippen molar-refractivity contribution >= 4 is 52.0 Å². The first-order valence-electron chi connectivity index (χ1n) is 5.37. The van der Waals surface area contributed by atoms with Crippen LogP contribution >= 0.6 is 34.5 Å². The first kappa shape index (κ1) is 14.8. The number of nitrogens with zero attached hydrogens (tertiary/aromatic N) is 2. The van der Waals surface area contributed by atoms with Crippen LogP contribution in [0.3, 0.4) is 0 Å². The van der Waals surface area contributed by atoms with E-state index < -0.39 is 6.09 Å². The van der Waals surface area contributed by atoms with Crippen molar-refractivity contribution in [1.29, 1.82) is 0 Å². The van der Waals surface area contributed by atoms with E-state index in [4.69, 9.17) is 23.2 Å². The Kier molecular flexibility index (Phi) is 4.59. The van der Waals surface area contributed by atoms with E-state index in [2.05, 4.69) is 4.98 Å². The van der Waals surface area contributed by atoms with Crippen LogP contribution in [0.25, 0.3) is 0 Å². The van der Waals surface area contributed by atoms with Crippen LogP contribution in [-0.2, 0) is 6.54 Å². The van der Waals surface area contributed by atoms with Crippen LogP contribution < -0.4 is 4.90 Å². The van der Waals surface area contributed by atoms with Gasteiger partial charge in [-0.3, -0.25) is 4.79 Å². The Balaban J connectivity index is 2.29. The number of anilines is 1. The Morgan fingerprint density at radius 1 is 1.35 bits per heavy atom. The number of aromatic nitrogens is 1. The molecule has 104 valence electrons.